The van der Waals surface area contributed by atoms with E-state index in [4.69, 9.17) is 11.5 Å². The number of hydrogen-bond donors (Lipinski definition) is 2. The number of rotatable bonds is 2. The lowest BCUT2D eigenvalue weighted by molar-refractivity contribution is 0.127. The average Bonchev–Trinajstić information content (AvgIpc) is 1.80. The van der Waals surface area contributed by atoms with E-state index in [1.54, 1.807) is 0 Å². The molecule has 1 unspecified atom stereocenters. The molecule has 0 aliphatic heterocycles. The molecule has 11 heavy (non-hydrogen) atoms. The number of carbonyl (C=O) groups is 1. The molecule has 0 aromatic rings. The van der Waals surface area contributed by atoms with Crippen LogP contribution in [0, 0.1) is 5.41 Å². The van der Waals surface area contributed by atoms with Gasteiger partial charge in [-0.25, -0.2) is 4.79 Å². The van der Waals surface area contributed by atoms with Gasteiger partial charge in [0.25, 0.3) is 0 Å². The largest absolute Gasteiger partial charge is 0.448 e. The Kier molecular flexibility index (Phi) is 3.32. The number of primary amides is 1. The molecule has 0 radical (unpaired) electrons. The van der Waals surface area contributed by atoms with Crippen LogP contribution < -0.4 is 11.5 Å². The van der Waals surface area contributed by atoms with Crippen molar-refractivity contribution in [1.29, 1.82) is 0 Å². The fourth-order valence-corrected chi connectivity index (χ4v) is 0.422. The minimum Gasteiger partial charge on any atom is -0.448 e. The monoisotopic (exact) mass is 160 g/mol. The third kappa shape index (κ3) is 4.61. The van der Waals surface area contributed by atoms with Crippen LogP contribution in [0.15, 0.2) is 0 Å². The molecule has 0 bridgehead atoms. The summed E-state index contributed by atoms with van der Waals surface area (Å²) in [7, 11) is 0. The summed E-state index contributed by atoms with van der Waals surface area (Å²) in [6.45, 7) is 6.10. The van der Waals surface area contributed by atoms with Crippen molar-refractivity contribution in [2.75, 3.05) is 6.61 Å². The molecule has 0 aliphatic rings. The minimum absolute atomic E-state index is 0.0601. The molecule has 4 nitrogen and oxygen atoms in total. The Balaban J connectivity index is 3.70. The molecule has 0 spiro atoms. The Morgan fingerprint density at radius 3 is 2.27 bits per heavy atom. The summed E-state index contributed by atoms with van der Waals surface area (Å²) in [6.07, 6.45) is -0.773. The lowest BCUT2D eigenvalue weighted by Gasteiger charge is -2.25. The molecular formula is C7H16N2O2. The van der Waals surface area contributed by atoms with E-state index in [0.29, 0.717) is 0 Å². The fourth-order valence-electron chi connectivity index (χ4n) is 0.422. The summed E-state index contributed by atoms with van der Waals surface area (Å²) in [5, 5.41) is 0. The van der Waals surface area contributed by atoms with Crippen molar-refractivity contribution < 1.29 is 9.53 Å². The molecule has 0 aromatic heterocycles. The zero-order chi connectivity index (χ0) is 9.07. The van der Waals surface area contributed by atoms with Gasteiger partial charge in [0.15, 0.2) is 0 Å². The molecular weight excluding hydrogens is 144 g/mol. The Morgan fingerprint density at radius 1 is 1.55 bits per heavy atom. The Hall–Kier alpha value is -0.770. The maximum atomic E-state index is 10.2. The maximum Gasteiger partial charge on any atom is 0.404 e. The molecule has 1 atom stereocenters. The van der Waals surface area contributed by atoms with Gasteiger partial charge in [0.1, 0.15) is 6.61 Å². The molecule has 1 amide bonds. The van der Waals surface area contributed by atoms with Gasteiger partial charge in [0.2, 0.25) is 0 Å². The first-order valence-corrected chi connectivity index (χ1v) is 3.52. The standard InChI is InChI=1S/C7H16N2O2/c1-7(2,3)5(8)4-11-6(9)10/h5H,4,8H2,1-3H3,(H2,9,10). The van der Waals surface area contributed by atoms with Gasteiger partial charge in [-0.2, -0.15) is 0 Å². The summed E-state index contributed by atoms with van der Waals surface area (Å²) in [5.41, 5.74) is 10.4. The van der Waals surface area contributed by atoms with Crippen LogP contribution in [0.1, 0.15) is 20.8 Å². The molecule has 0 saturated heterocycles. The summed E-state index contributed by atoms with van der Waals surface area (Å²) in [4.78, 5) is 10.2. The van der Waals surface area contributed by atoms with E-state index < -0.39 is 6.09 Å². The van der Waals surface area contributed by atoms with Crippen LogP contribution in [-0.2, 0) is 4.74 Å². The molecule has 4 heteroatoms. The third-order valence-electron chi connectivity index (χ3n) is 1.52. The summed E-state index contributed by atoms with van der Waals surface area (Å²) >= 11 is 0. The summed E-state index contributed by atoms with van der Waals surface area (Å²) < 4.78 is 4.54. The van der Waals surface area contributed by atoms with Crippen molar-refractivity contribution in [2.24, 2.45) is 16.9 Å². The molecule has 0 aromatic carbocycles. The van der Waals surface area contributed by atoms with Crippen LogP contribution in [0.3, 0.4) is 0 Å². The second-order valence-corrected chi connectivity index (χ2v) is 3.60. The van der Waals surface area contributed by atoms with Gasteiger partial charge < -0.3 is 16.2 Å². The van der Waals surface area contributed by atoms with Crippen molar-refractivity contribution in [3.05, 3.63) is 0 Å². The lowest BCUT2D eigenvalue weighted by Crippen LogP contribution is -2.40. The molecule has 0 fully saturated rings. The van der Waals surface area contributed by atoms with Gasteiger partial charge >= 0.3 is 6.09 Å². The van der Waals surface area contributed by atoms with E-state index in [1.165, 1.54) is 0 Å². The van der Waals surface area contributed by atoms with Gasteiger partial charge in [0, 0.05) is 6.04 Å². The van der Waals surface area contributed by atoms with Gasteiger partial charge in [-0.3, -0.25) is 0 Å². The van der Waals surface area contributed by atoms with E-state index in [1.807, 2.05) is 20.8 Å². The topological polar surface area (TPSA) is 78.3 Å². The second-order valence-electron chi connectivity index (χ2n) is 3.60. The normalized spacial score (nSPS) is 14.2. The number of ether oxygens (including phenoxy) is 1. The first-order valence-electron chi connectivity index (χ1n) is 3.52. The number of amides is 1. The summed E-state index contributed by atoms with van der Waals surface area (Å²) in [6, 6.07) is -0.171. The highest BCUT2D eigenvalue weighted by Crippen LogP contribution is 2.16. The van der Waals surface area contributed by atoms with Gasteiger partial charge in [0.05, 0.1) is 0 Å². The first kappa shape index (κ1) is 10.2. The molecule has 66 valence electrons. The second kappa shape index (κ2) is 3.57. The molecule has 0 rings (SSSR count). The third-order valence-corrected chi connectivity index (χ3v) is 1.52. The van der Waals surface area contributed by atoms with Crippen LogP contribution in [-0.4, -0.2) is 18.7 Å². The van der Waals surface area contributed by atoms with Gasteiger partial charge in [-0.15, -0.1) is 0 Å². The van der Waals surface area contributed by atoms with E-state index >= 15 is 0 Å². The zero-order valence-electron chi connectivity index (χ0n) is 7.26. The smallest absolute Gasteiger partial charge is 0.404 e. The molecule has 0 aliphatic carbocycles. The highest BCUT2D eigenvalue weighted by molar-refractivity contribution is 5.64. The molecule has 4 N–H and O–H groups in total. The van der Waals surface area contributed by atoms with E-state index in [9.17, 15) is 4.79 Å². The van der Waals surface area contributed by atoms with Crippen molar-refractivity contribution in [3.63, 3.8) is 0 Å². The first-order chi connectivity index (χ1) is 4.84. The highest BCUT2D eigenvalue weighted by atomic mass is 16.5. The number of nitrogens with two attached hydrogens (primary N) is 2. The summed E-state index contributed by atoms with van der Waals surface area (Å²) in [5.74, 6) is 0. The Bertz CT molecular complexity index is 140. The van der Waals surface area contributed by atoms with Gasteiger partial charge in [-0.05, 0) is 5.41 Å². The highest BCUT2D eigenvalue weighted by Gasteiger charge is 2.21. The minimum atomic E-state index is -0.773. The van der Waals surface area contributed by atoms with Crippen molar-refractivity contribution >= 4 is 6.09 Å². The predicted octanol–water partition coefficient (Wildman–Crippen LogP) is 0.455. The van der Waals surface area contributed by atoms with E-state index in [-0.39, 0.29) is 18.1 Å². The van der Waals surface area contributed by atoms with Crippen LogP contribution >= 0.6 is 0 Å². The van der Waals surface area contributed by atoms with Gasteiger partial charge in [-0.1, -0.05) is 20.8 Å². The number of carbonyl (C=O) groups excluding carboxylic acids is 1. The Labute approximate surface area is 66.9 Å². The lowest BCUT2D eigenvalue weighted by atomic mass is 9.88. The van der Waals surface area contributed by atoms with Crippen molar-refractivity contribution in [2.45, 2.75) is 26.8 Å². The van der Waals surface area contributed by atoms with Crippen LogP contribution in [0.2, 0.25) is 0 Å². The zero-order valence-corrected chi connectivity index (χ0v) is 7.26. The van der Waals surface area contributed by atoms with E-state index in [0.717, 1.165) is 0 Å². The quantitative estimate of drug-likeness (QED) is 0.615. The van der Waals surface area contributed by atoms with E-state index in [2.05, 4.69) is 4.74 Å². The van der Waals surface area contributed by atoms with Crippen molar-refractivity contribution in [3.8, 4) is 0 Å². The average molecular weight is 160 g/mol. The fraction of sp³-hybridized carbons (Fsp3) is 0.857. The predicted molar refractivity (Wildman–Crippen MR) is 43.0 cm³/mol. The van der Waals surface area contributed by atoms with Crippen molar-refractivity contribution in [1.82, 2.24) is 0 Å². The SMILES string of the molecule is CC(C)(C)C(N)COC(N)=O. The maximum absolute atomic E-state index is 10.2. The molecule has 0 saturated carbocycles. The van der Waals surface area contributed by atoms with Crippen LogP contribution in [0.5, 0.6) is 0 Å². The Morgan fingerprint density at radius 2 is 2.00 bits per heavy atom. The van der Waals surface area contributed by atoms with Crippen LogP contribution in [0.4, 0.5) is 4.79 Å². The molecule has 0 heterocycles. The number of hydrogen-bond acceptors (Lipinski definition) is 3. The van der Waals surface area contributed by atoms with Crippen LogP contribution in [0.25, 0.3) is 0 Å².